The van der Waals surface area contributed by atoms with Crippen LogP contribution in [0, 0.1) is 0 Å². The van der Waals surface area contributed by atoms with Crippen molar-refractivity contribution in [1.29, 1.82) is 0 Å². The van der Waals surface area contributed by atoms with Gasteiger partial charge in [-0.2, -0.15) is 0 Å². The maximum atomic E-state index is 12.0. The van der Waals surface area contributed by atoms with Gasteiger partial charge >= 0.3 is 5.97 Å². The summed E-state index contributed by atoms with van der Waals surface area (Å²) in [5.74, 6) is -0.664. The molecule has 19 heavy (non-hydrogen) atoms. The highest BCUT2D eigenvalue weighted by Gasteiger charge is 2.23. The Balaban J connectivity index is 1.98. The molecule has 0 aromatic carbocycles. The van der Waals surface area contributed by atoms with Crippen LogP contribution in [0.5, 0.6) is 0 Å². The average Bonchev–Trinajstić information content (AvgIpc) is 3.07. The molecule has 1 N–H and O–H groups in total. The molecule has 0 saturated heterocycles. The Labute approximate surface area is 111 Å². The number of nitrogens with one attached hydrogen (secondary N) is 1. The summed E-state index contributed by atoms with van der Waals surface area (Å²) in [5, 5.41) is 10.5. The predicted molar refractivity (Wildman–Crippen MR) is 66.5 cm³/mol. The highest BCUT2D eigenvalue weighted by molar-refractivity contribution is 5.86. The first-order valence-corrected chi connectivity index (χ1v) is 6.42. The Bertz CT molecular complexity index is 465. The first-order valence-electron chi connectivity index (χ1n) is 6.42. The first kappa shape index (κ1) is 13.5. The van der Waals surface area contributed by atoms with Gasteiger partial charge in [0.1, 0.15) is 6.04 Å². The zero-order chi connectivity index (χ0) is 13.8. The lowest BCUT2D eigenvalue weighted by Crippen LogP contribution is -2.37. The Morgan fingerprint density at radius 2 is 2.16 bits per heavy atom. The third kappa shape index (κ3) is 3.10. The maximum Gasteiger partial charge on any atom is 0.360 e. The molecule has 104 valence electrons. The van der Waals surface area contributed by atoms with Gasteiger partial charge < -0.3 is 10.1 Å². The van der Waals surface area contributed by atoms with E-state index in [1.165, 1.54) is 18.0 Å². The van der Waals surface area contributed by atoms with Gasteiger partial charge in [-0.3, -0.25) is 4.79 Å². The summed E-state index contributed by atoms with van der Waals surface area (Å²) in [7, 11) is 1.28. The quantitative estimate of drug-likeness (QED) is 0.810. The Morgan fingerprint density at radius 3 is 2.79 bits per heavy atom. The van der Waals surface area contributed by atoms with Crippen LogP contribution in [0.4, 0.5) is 0 Å². The first-order chi connectivity index (χ1) is 9.11. The maximum absolute atomic E-state index is 12.0. The van der Waals surface area contributed by atoms with E-state index in [1.54, 1.807) is 6.92 Å². The molecule has 2 rings (SSSR count). The summed E-state index contributed by atoms with van der Waals surface area (Å²) >= 11 is 0. The molecule has 7 nitrogen and oxygen atoms in total. The summed E-state index contributed by atoms with van der Waals surface area (Å²) in [5.41, 5.74) is 0.100. The Hall–Kier alpha value is -1.92. The summed E-state index contributed by atoms with van der Waals surface area (Å²) in [6.07, 6.45) is 5.81. The van der Waals surface area contributed by atoms with Crippen molar-refractivity contribution < 1.29 is 14.3 Å². The third-order valence-corrected chi connectivity index (χ3v) is 3.38. The molecular weight excluding hydrogens is 248 g/mol. The van der Waals surface area contributed by atoms with Crippen molar-refractivity contribution >= 4 is 11.9 Å². The van der Waals surface area contributed by atoms with Gasteiger partial charge in [-0.05, 0) is 19.8 Å². The molecule has 1 atom stereocenters. The molecule has 1 aromatic heterocycles. The predicted octanol–water partition coefficient (Wildman–Crippen LogP) is 0.684. The minimum Gasteiger partial charge on any atom is -0.464 e. The van der Waals surface area contributed by atoms with Gasteiger partial charge in [-0.25, -0.2) is 9.48 Å². The monoisotopic (exact) mass is 266 g/mol. The topological polar surface area (TPSA) is 86.1 Å². The molecule has 1 aromatic rings. The largest absolute Gasteiger partial charge is 0.464 e. The van der Waals surface area contributed by atoms with Crippen molar-refractivity contribution in [1.82, 2.24) is 20.3 Å². The van der Waals surface area contributed by atoms with Gasteiger partial charge in [0, 0.05) is 6.04 Å². The lowest BCUT2D eigenvalue weighted by molar-refractivity contribution is -0.124. The summed E-state index contributed by atoms with van der Waals surface area (Å²) in [6, 6.07) is -0.231. The van der Waals surface area contributed by atoms with Crippen LogP contribution in [-0.2, 0) is 9.53 Å². The van der Waals surface area contributed by atoms with Crippen molar-refractivity contribution in [2.45, 2.75) is 44.7 Å². The molecule has 1 saturated carbocycles. The number of amides is 1. The van der Waals surface area contributed by atoms with Crippen LogP contribution in [0.2, 0.25) is 0 Å². The van der Waals surface area contributed by atoms with Crippen LogP contribution < -0.4 is 5.32 Å². The lowest BCUT2D eigenvalue weighted by Gasteiger charge is -2.16. The van der Waals surface area contributed by atoms with E-state index in [0.717, 1.165) is 25.7 Å². The molecule has 1 unspecified atom stereocenters. The molecule has 0 spiro atoms. The number of carbonyl (C=O) groups is 2. The van der Waals surface area contributed by atoms with E-state index in [0.29, 0.717) is 0 Å². The number of nitrogens with zero attached hydrogens (tertiary/aromatic N) is 3. The number of esters is 1. The van der Waals surface area contributed by atoms with Crippen molar-refractivity contribution in [3.05, 3.63) is 11.9 Å². The van der Waals surface area contributed by atoms with Crippen molar-refractivity contribution in [2.75, 3.05) is 7.11 Å². The molecule has 1 aliphatic carbocycles. The molecule has 1 amide bonds. The number of methoxy groups -OCH3 is 1. The minimum atomic E-state index is -0.561. The molecule has 1 heterocycles. The van der Waals surface area contributed by atoms with Crippen LogP contribution in [-0.4, -0.2) is 40.0 Å². The van der Waals surface area contributed by atoms with E-state index in [2.05, 4.69) is 20.4 Å². The average molecular weight is 266 g/mol. The van der Waals surface area contributed by atoms with Crippen LogP contribution in [0.3, 0.4) is 0 Å². The smallest absolute Gasteiger partial charge is 0.360 e. The van der Waals surface area contributed by atoms with Crippen molar-refractivity contribution in [3.63, 3.8) is 0 Å². The molecule has 0 bridgehead atoms. The molecule has 1 aliphatic rings. The van der Waals surface area contributed by atoms with Crippen LogP contribution in [0.25, 0.3) is 0 Å². The normalized spacial score (nSPS) is 17.2. The van der Waals surface area contributed by atoms with E-state index in [4.69, 9.17) is 0 Å². The standard InChI is InChI=1S/C12H18N4O3/c1-8(11(17)13-9-5-3-4-6-9)16-7-10(14-15-16)12(18)19-2/h7-9H,3-6H2,1-2H3,(H,13,17). The molecule has 7 heteroatoms. The van der Waals surface area contributed by atoms with E-state index in [-0.39, 0.29) is 17.6 Å². The third-order valence-electron chi connectivity index (χ3n) is 3.38. The zero-order valence-electron chi connectivity index (χ0n) is 11.1. The second-order valence-corrected chi connectivity index (χ2v) is 4.74. The van der Waals surface area contributed by atoms with E-state index < -0.39 is 12.0 Å². The summed E-state index contributed by atoms with van der Waals surface area (Å²) in [4.78, 5) is 23.3. The summed E-state index contributed by atoms with van der Waals surface area (Å²) in [6.45, 7) is 1.72. The van der Waals surface area contributed by atoms with Gasteiger partial charge in [-0.1, -0.05) is 18.1 Å². The van der Waals surface area contributed by atoms with Gasteiger partial charge in [0.25, 0.3) is 0 Å². The van der Waals surface area contributed by atoms with E-state index in [1.807, 2.05) is 0 Å². The fraction of sp³-hybridized carbons (Fsp3) is 0.667. The highest BCUT2D eigenvalue weighted by Crippen LogP contribution is 2.18. The number of ether oxygens (including phenoxy) is 1. The fourth-order valence-corrected chi connectivity index (χ4v) is 2.18. The van der Waals surface area contributed by atoms with Gasteiger partial charge in [0.2, 0.25) is 5.91 Å². The van der Waals surface area contributed by atoms with Gasteiger partial charge in [-0.15, -0.1) is 5.10 Å². The number of hydrogen-bond donors (Lipinski definition) is 1. The number of hydrogen-bond acceptors (Lipinski definition) is 5. The lowest BCUT2D eigenvalue weighted by atomic mass is 10.2. The molecule has 0 aliphatic heterocycles. The van der Waals surface area contributed by atoms with Crippen molar-refractivity contribution in [2.24, 2.45) is 0 Å². The van der Waals surface area contributed by atoms with E-state index >= 15 is 0 Å². The molecule has 0 radical (unpaired) electrons. The second kappa shape index (κ2) is 5.81. The fourth-order valence-electron chi connectivity index (χ4n) is 2.18. The Morgan fingerprint density at radius 1 is 1.47 bits per heavy atom. The Kier molecular flexibility index (Phi) is 4.13. The van der Waals surface area contributed by atoms with Crippen molar-refractivity contribution in [3.8, 4) is 0 Å². The van der Waals surface area contributed by atoms with E-state index in [9.17, 15) is 9.59 Å². The van der Waals surface area contributed by atoms with Crippen LogP contribution in [0.15, 0.2) is 6.20 Å². The number of rotatable bonds is 4. The van der Waals surface area contributed by atoms with Crippen LogP contribution in [0.1, 0.15) is 49.1 Å². The zero-order valence-corrected chi connectivity index (χ0v) is 11.1. The van der Waals surface area contributed by atoms with Crippen LogP contribution >= 0.6 is 0 Å². The van der Waals surface area contributed by atoms with Gasteiger partial charge in [0.05, 0.1) is 13.3 Å². The highest BCUT2D eigenvalue weighted by atomic mass is 16.5. The second-order valence-electron chi connectivity index (χ2n) is 4.74. The molecule has 1 fully saturated rings. The number of aromatic nitrogens is 3. The van der Waals surface area contributed by atoms with Gasteiger partial charge in [0.15, 0.2) is 5.69 Å². The SMILES string of the molecule is COC(=O)c1cn(C(C)C(=O)NC2CCCC2)nn1. The molecular formula is C12H18N4O3. The number of carbonyl (C=O) groups excluding carboxylic acids is 2. The minimum absolute atomic E-state index is 0.100. The summed E-state index contributed by atoms with van der Waals surface area (Å²) < 4.78 is 5.91.